The van der Waals surface area contributed by atoms with Gasteiger partial charge >= 0.3 is 5.69 Å². The van der Waals surface area contributed by atoms with E-state index in [0.717, 1.165) is 19.4 Å². The molecule has 1 aliphatic heterocycles. The number of benzene rings is 1. The lowest BCUT2D eigenvalue weighted by atomic mass is 10.1. The lowest BCUT2D eigenvalue weighted by molar-refractivity contribution is -0.385. The Labute approximate surface area is 117 Å². The van der Waals surface area contributed by atoms with Gasteiger partial charge in [-0.05, 0) is 45.0 Å². The van der Waals surface area contributed by atoms with Crippen molar-refractivity contribution < 1.29 is 9.66 Å². The van der Waals surface area contributed by atoms with Gasteiger partial charge in [0.25, 0.3) is 0 Å². The number of nitro benzene ring substituents is 1. The molecule has 0 aromatic heterocycles. The first-order chi connectivity index (χ1) is 9.63. The van der Waals surface area contributed by atoms with Gasteiger partial charge in [-0.1, -0.05) is 6.07 Å². The first-order valence-corrected chi connectivity index (χ1v) is 6.70. The quantitative estimate of drug-likeness (QED) is 0.468. The van der Waals surface area contributed by atoms with E-state index in [1.165, 1.54) is 6.42 Å². The Hall–Kier alpha value is -1.86. The van der Waals surface area contributed by atoms with Crippen molar-refractivity contribution in [3.63, 3.8) is 0 Å². The summed E-state index contributed by atoms with van der Waals surface area (Å²) in [7, 11) is 2.10. The summed E-state index contributed by atoms with van der Waals surface area (Å²) >= 11 is 0. The molecule has 0 spiro atoms. The predicted octanol–water partition coefficient (Wildman–Crippen LogP) is 1.74. The average molecular weight is 280 g/mol. The highest BCUT2D eigenvalue weighted by Crippen LogP contribution is 2.34. The molecule has 2 rings (SSSR count). The molecule has 7 nitrogen and oxygen atoms in total. The van der Waals surface area contributed by atoms with Crippen molar-refractivity contribution in [3.05, 3.63) is 28.3 Å². The third kappa shape index (κ3) is 3.17. The molecule has 1 atom stereocenters. The zero-order valence-electron chi connectivity index (χ0n) is 11.5. The topological polar surface area (TPSA) is 93.7 Å². The highest BCUT2D eigenvalue weighted by Gasteiger charge is 2.23. The summed E-state index contributed by atoms with van der Waals surface area (Å²) in [6.45, 7) is 1.57. The van der Waals surface area contributed by atoms with E-state index in [0.29, 0.717) is 12.6 Å². The number of nitrogens with two attached hydrogens (primary N) is 1. The highest BCUT2D eigenvalue weighted by molar-refractivity contribution is 5.67. The highest BCUT2D eigenvalue weighted by atomic mass is 16.6. The van der Waals surface area contributed by atoms with Gasteiger partial charge in [0.1, 0.15) is 5.69 Å². The Morgan fingerprint density at radius 1 is 1.60 bits per heavy atom. The Bertz CT molecular complexity index is 481. The van der Waals surface area contributed by atoms with Crippen molar-refractivity contribution in [2.24, 2.45) is 5.84 Å². The maximum atomic E-state index is 11.1. The van der Waals surface area contributed by atoms with Crippen LogP contribution in [-0.2, 0) is 0 Å². The van der Waals surface area contributed by atoms with Crippen molar-refractivity contribution in [2.75, 3.05) is 25.6 Å². The Morgan fingerprint density at radius 2 is 2.40 bits per heavy atom. The molecule has 20 heavy (non-hydrogen) atoms. The van der Waals surface area contributed by atoms with Gasteiger partial charge in [0.2, 0.25) is 0 Å². The summed E-state index contributed by atoms with van der Waals surface area (Å²) in [5.74, 6) is 5.54. The van der Waals surface area contributed by atoms with Crippen LogP contribution in [0.5, 0.6) is 5.75 Å². The van der Waals surface area contributed by atoms with Gasteiger partial charge in [-0.3, -0.25) is 16.0 Å². The minimum Gasteiger partial charge on any atom is -0.487 e. The SMILES string of the molecule is CN1CCCC1CCOc1cccc(NN)c1[N+](=O)[O-]. The lowest BCUT2D eigenvalue weighted by Crippen LogP contribution is -2.26. The van der Waals surface area contributed by atoms with Gasteiger partial charge < -0.3 is 15.1 Å². The lowest BCUT2D eigenvalue weighted by Gasteiger charge is -2.19. The number of nitrogens with one attached hydrogen (secondary N) is 1. The second kappa shape index (κ2) is 6.53. The standard InChI is InChI=1S/C13H20N4O3/c1-16-8-3-4-10(16)7-9-20-12-6-2-5-11(15-14)13(12)17(18)19/h2,5-6,10,15H,3-4,7-9,14H2,1H3. The number of nitro groups is 1. The summed E-state index contributed by atoms with van der Waals surface area (Å²) in [6, 6.07) is 5.33. The monoisotopic (exact) mass is 280 g/mol. The summed E-state index contributed by atoms with van der Waals surface area (Å²) in [4.78, 5) is 12.9. The number of nitrogen functional groups attached to an aromatic ring is 1. The van der Waals surface area contributed by atoms with E-state index in [1.807, 2.05) is 0 Å². The van der Waals surface area contributed by atoms with Crippen molar-refractivity contribution >= 4 is 11.4 Å². The van der Waals surface area contributed by atoms with E-state index in [1.54, 1.807) is 18.2 Å². The van der Waals surface area contributed by atoms with Gasteiger partial charge in [-0.15, -0.1) is 0 Å². The van der Waals surface area contributed by atoms with Crippen molar-refractivity contribution in [1.29, 1.82) is 0 Å². The number of hydrogen-bond donors (Lipinski definition) is 2. The fourth-order valence-corrected chi connectivity index (χ4v) is 2.59. The molecule has 1 fully saturated rings. The third-order valence-corrected chi connectivity index (χ3v) is 3.72. The molecule has 0 saturated carbocycles. The normalized spacial score (nSPS) is 19.0. The number of anilines is 1. The van der Waals surface area contributed by atoms with Crippen molar-refractivity contribution in [3.8, 4) is 5.75 Å². The average Bonchev–Trinajstić information content (AvgIpc) is 2.84. The van der Waals surface area contributed by atoms with E-state index in [2.05, 4.69) is 17.4 Å². The number of likely N-dealkylation sites (tertiary alicyclic amines) is 1. The second-order valence-corrected chi connectivity index (χ2v) is 4.97. The van der Waals surface area contributed by atoms with Gasteiger partial charge in [-0.25, -0.2) is 0 Å². The fraction of sp³-hybridized carbons (Fsp3) is 0.538. The van der Waals surface area contributed by atoms with E-state index in [9.17, 15) is 10.1 Å². The minimum atomic E-state index is -0.480. The zero-order valence-corrected chi connectivity index (χ0v) is 11.5. The molecule has 0 amide bonds. The van der Waals surface area contributed by atoms with E-state index in [-0.39, 0.29) is 17.1 Å². The van der Waals surface area contributed by atoms with Crippen LogP contribution in [0.25, 0.3) is 0 Å². The summed E-state index contributed by atoms with van der Waals surface area (Å²) in [6.07, 6.45) is 3.23. The van der Waals surface area contributed by atoms with Crippen molar-refractivity contribution in [2.45, 2.75) is 25.3 Å². The van der Waals surface area contributed by atoms with Gasteiger partial charge in [0, 0.05) is 6.04 Å². The van der Waals surface area contributed by atoms with Crippen LogP contribution in [0, 0.1) is 10.1 Å². The van der Waals surface area contributed by atoms with Crippen LogP contribution in [0.2, 0.25) is 0 Å². The molecule has 1 saturated heterocycles. The summed E-state index contributed by atoms with van der Waals surface area (Å²) < 4.78 is 5.59. The molecule has 0 aliphatic carbocycles. The molecule has 0 bridgehead atoms. The summed E-state index contributed by atoms with van der Waals surface area (Å²) in [5, 5.41) is 11.1. The second-order valence-electron chi connectivity index (χ2n) is 4.97. The minimum absolute atomic E-state index is 0.116. The molecule has 1 aliphatic rings. The molecule has 1 aromatic rings. The van der Waals surface area contributed by atoms with Crippen molar-refractivity contribution in [1.82, 2.24) is 4.90 Å². The molecule has 0 radical (unpaired) electrons. The van der Waals surface area contributed by atoms with Crippen LogP contribution in [0.15, 0.2) is 18.2 Å². The third-order valence-electron chi connectivity index (χ3n) is 3.72. The van der Waals surface area contributed by atoms with Crippen LogP contribution in [0.4, 0.5) is 11.4 Å². The van der Waals surface area contributed by atoms with E-state index < -0.39 is 4.92 Å². The van der Waals surface area contributed by atoms with Crippen LogP contribution in [0.1, 0.15) is 19.3 Å². The first kappa shape index (κ1) is 14.5. The molecule has 1 unspecified atom stereocenters. The molecule has 110 valence electrons. The molecule has 7 heteroatoms. The van der Waals surface area contributed by atoms with Crippen LogP contribution >= 0.6 is 0 Å². The van der Waals surface area contributed by atoms with Gasteiger partial charge in [0.05, 0.1) is 11.5 Å². The van der Waals surface area contributed by atoms with Crippen LogP contribution < -0.4 is 16.0 Å². The first-order valence-electron chi connectivity index (χ1n) is 6.70. The number of para-hydroxylation sites is 1. The Balaban J connectivity index is 2.00. The largest absolute Gasteiger partial charge is 0.487 e. The molecular formula is C13H20N4O3. The number of rotatable bonds is 6. The molecule has 1 aromatic carbocycles. The fourth-order valence-electron chi connectivity index (χ4n) is 2.59. The maximum absolute atomic E-state index is 11.1. The number of hydrazine groups is 1. The van der Waals surface area contributed by atoms with E-state index >= 15 is 0 Å². The number of hydrogen-bond acceptors (Lipinski definition) is 6. The van der Waals surface area contributed by atoms with Gasteiger partial charge in [-0.2, -0.15) is 0 Å². The van der Waals surface area contributed by atoms with Gasteiger partial charge in [0.15, 0.2) is 5.75 Å². The number of ether oxygens (including phenoxy) is 1. The maximum Gasteiger partial charge on any atom is 0.335 e. The smallest absolute Gasteiger partial charge is 0.335 e. The zero-order chi connectivity index (χ0) is 14.5. The molecule has 3 N–H and O–H groups in total. The summed E-state index contributed by atoms with van der Waals surface area (Å²) in [5.41, 5.74) is 2.47. The Morgan fingerprint density at radius 3 is 3.00 bits per heavy atom. The van der Waals surface area contributed by atoms with Crippen LogP contribution in [0.3, 0.4) is 0 Å². The molecular weight excluding hydrogens is 260 g/mol. The molecule has 1 heterocycles. The van der Waals surface area contributed by atoms with Crippen LogP contribution in [-0.4, -0.2) is 36.1 Å². The Kier molecular flexibility index (Phi) is 4.75. The number of nitrogens with zero attached hydrogens (tertiary/aromatic N) is 2. The van der Waals surface area contributed by atoms with E-state index in [4.69, 9.17) is 10.6 Å². The predicted molar refractivity (Wildman–Crippen MR) is 76.7 cm³/mol.